The molecule has 184 valence electrons. The fourth-order valence-electron chi connectivity index (χ4n) is 4.08. The number of imidazole rings is 1. The summed E-state index contributed by atoms with van der Waals surface area (Å²) in [6, 6.07) is 11.6. The third kappa shape index (κ3) is 4.05. The summed E-state index contributed by atoms with van der Waals surface area (Å²) in [5, 5.41) is 12.3. The lowest BCUT2D eigenvalue weighted by molar-refractivity contribution is -0.123. The highest BCUT2D eigenvalue weighted by Gasteiger charge is 2.23. The fraction of sp³-hybridized carbons (Fsp3) is 0.148. The number of aromatic amines is 2. The number of amides is 1. The molecule has 0 aliphatic carbocycles. The highest BCUT2D eigenvalue weighted by atomic mass is 32.1. The summed E-state index contributed by atoms with van der Waals surface area (Å²) < 4.78 is 16.0. The van der Waals surface area contributed by atoms with Crippen LogP contribution in [0.4, 0.5) is 10.1 Å². The molecule has 10 heteroatoms. The fourth-order valence-corrected chi connectivity index (χ4v) is 4.83. The van der Waals surface area contributed by atoms with Crippen LogP contribution in [-0.4, -0.2) is 36.0 Å². The number of pyridine rings is 2. The van der Waals surface area contributed by atoms with Crippen molar-refractivity contribution < 1.29 is 9.18 Å². The first-order chi connectivity index (χ1) is 17.8. The van der Waals surface area contributed by atoms with Crippen molar-refractivity contribution in [3.05, 3.63) is 66.2 Å². The normalized spacial score (nSPS) is 11.9. The van der Waals surface area contributed by atoms with Crippen LogP contribution in [0.25, 0.3) is 55.2 Å². The second kappa shape index (κ2) is 8.59. The van der Waals surface area contributed by atoms with E-state index in [4.69, 9.17) is 4.98 Å². The molecular weight excluding hydrogens is 489 g/mol. The maximum atomic E-state index is 16.0. The van der Waals surface area contributed by atoms with Gasteiger partial charge in [0, 0.05) is 27.6 Å². The molecule has 0 radical (unpaired) electrons. The van der Waals surface area contributed by atoms with Crippen molar-refractivity contribution in [3.63, 3.8) is 0 Å². The van der Waals surface area contributed by atoms with Gasteiger partial charge < -0.3 is 10.3 Å². The van der Waals surface area contributed by atoms with Crippen molar-refractivity contribution in [2.75, 3.05) is 5.32 Å². The largest absolute Gasteiger partial charge is 0.337 e. The smallest absolute Gasteiger partial charge is 0.229 e. The van der Waals surface area contributed by atoms with Gasteiger partial charge in [-0.3, -0.25) is 19.9 Å². The first-order valence-corrected chi connectivity index (χ1v) is 12.5. The Morgan fingerprint density at radius 2 is 1.92 bits per heavy atom. The predicted octanol–water partition coefficient (Wildman–Crippen LogP) is 6.42. The molecule has 0 spiro atoms. The summed E-state index contributed by atoms with van der Waals surface area (Å²) in [6.45, 7) is 5.45. The average molecular weight is 512 g/mol. The molecule has 0 saturated carbocycles. The standard InChI is InChI=1S/C27H22FN7OS/c1-27(2,3)26(36)31-15-10-14(11-29-12-15)22-21(28)20-18(13-30-22)34-35-24(20)25-32-17-7-4-6-16(23(17)33-25)19-8-5-9-37-19/h4-13H,1-3H3,(H,31,36)(H,32,33)(H,34,35). The zero-order chi connectivity index (χ0) is 25.7. The van der Waals surface area contributed by atoms with E-state index >= 15 is 4.39 Å². The molecule has 0 atom stereocenters. The third-order valence-electron chi connectivity index (χ3n) is 6.02. The number of thiophene rings is 1. The van der Waals surface area contributed by atoms with Gasteiger partial charge in [0.2, 0.25) is 5.91 Å². The summed E-state index contributed by atoms with van der Waals surface area (Å²) in [7, 11) is 0. The van der Waals surface area contributed by atoms with Gasteiger partial charge in [-0.2, -0.15) is 5.10 Å². The van der Waals surface area contributed by atoms with Crippen LogP contribution in [0, 0.1) is 11.2 Å². The maximum Gasteiger partial charge on any atom is 0.229 e. The Kier molecular flexibility index (Phi) is 5.34. The van der Waals surface area contributed by atoms with E-state index in [9.17, 15) is 4.79 Å². The van der Waals surface area contributed by atoms with Crippen molar-refractivity contribution >= 4 is 44.9 Å². The highest BCUT2D eigenvalue weighted by Crippen LogP contribution is 2.35. The molecule has 6 rings (SSSR count). The van der Waals surface area contributed by atoms with E-state index in [-0.39, 0.29) is 17.0 Å². The van der Waals surface area contributed by atoms with Crippen LogP contribution >= 0.6 is 11.3 Å². The lowest BCUT2D eigenvalue weighted by Crippen LogP contribution is -2.27. The van der Waals surface area contributed by atoms with Crippen LogP contribution in [0.15, 0.2) is 60.4 Å². The molecule has 1 aromatic carbocycles. The first kappa shape index (κ1) is 23.0. The number of hydrogen-bond donors (Lipinski definition) is 3. The van der Waals surface area contributed by atoms with Gasteiger partial charge in [0.05, 0.1) is 40.0 Å². The Hall–Kier alpha value is -4.44. The van der Waals surface area contributed by atoms with Gasteiger partial charge in [0.1, 0.15) is 11.4 Å². The number of nitrogens with zero attached hydrogens (tertiary/aromatic N) is 4. The molecule has 37 heavy (non-hydrogen) atoms. The minimum atomic E-state index is -0.583. The molecule has 6 aromatic rings. The summed E-state index contributed by atoms with van der Waals surface area (Å²) in [6.07, 6.45) is 4.56. The molecule has 0 unspecified atom stereocenters. The van der Waals surface area contributed by atoms with Crippen molar-refractivity contribution in [2.24, 2.45) is 5.41 Å². The maximum absolute atomic E-state index is 16.0. The summed E-state index contributed by atoms with van der Waals surface area (Å²) >= 11 is 1.63. The van der Waals surface area contributed by atoms with Gasteiger partial charge in [-0.05, 0) is 23.6 Å². The van der Waals surface area contributed by atoms with E-state index in [2.05, 4.69) is 30.5 Å². The molecule has 0 fully saturated rings. The molecule has 0 aliphatic heterocycles. The van der Waals surface area contributed by atoms with Gasteiger partial charge in [-0.25, -0.2) is 9.37 Å². The van der Waals surface area contributed by atoms with Crippen molar-refractivity contribution in [3.8, 4) is 33.2 Å². The lowest BCUT2D eigenvalue weighted by atomic mass is 9.95. The van der Waals surface area contributed by atoms with Crippen LogP contribution in [0.2, 0.25) is 0 Å². The third-order valence-corrected chi connectivity index (χ3v) is 6.92. The Labute approximate surface area is 215 Å². The molecule has 1 amide bonds. The van der Waals surface area contributed by atoms with Crippen molar-refractivity contribution in [1.29, 1.82) is 0 Å². The number of rotatable bonds is 4. The number of aromatic nitrogens is 6. The van der Waals surface area contributed by atoms with Crippen LogP contribution < -0.4 is 5.32 Å². The second-order valence-electron chi connectivity index (χ2n) is 9.71. The number of para-hydroxylation sites is 1. The summed E-state index contributed by atoms with van der Waals surface area (Å²) in [5.74, 6) is -0.272. The molecule has 0 aliphatic rings. The number of anilines is 1. The summed E-state index contributed by atoms with van der Waals surface area (Å²) in [4.78, 5) is 30.1. The molecule has 5 aromatic heterocycles. The Balaban J connectivity index is 1.44. The Morgan fingerprint density at radius 1 is 1.05 bits per heavy atom. The zero-order valence-corrected chi connectivity index (χ0v) is 21.1. The Morgan fingerprint density at radius 3 is 2.70 bits per heavy atom. The van der Waals surface area contributed by atoms with Gasteiger partial charge in [-0.1, -0.05) is 39.0 Å². The van der Waals surface area contributed by atoms with E-state index < -0.39 is 11.2 Å². The number of carbonyl (C=O) groups is 1. The summed E-state index contributed by atoms with van der Waals surface area (Å²) in [5.41, 5.74) is 3.83. The number of nitrogens with one attached hydrogen (secondary N) is 3. The monoisotopic (exact) mass is 511 g/mol. The zero-order valence-electron chi connectivity index (χ0n) is 20.3. The average Bonchev–Trinajstić information content (AvgIpc) is 3.63. The van der Waals surface area contributed by atoms with Gasteiger partial charge >= 0.3 is 0 Å². The SMILES string of the molecule is CC(C)(C)C(=O)Nc1cncc(-c2ncc3[nH]nc(-c4nc5c(-c6cccs6)cccc5[nH]4)c3c2F)c1. The number of H-pyrrole nitrogens is 2. The van der Waals surface area contributed by atoms with Crippen LogP contribution in [0.1, 0.15) is 20.8 Å². The van der Waals surface area contributed by atoms with Crippen LogP contribution in [-0.2, 0) is 4.79 Å². The molecule has 0 bridgehead atoms. The molecule has 3 N–H and O–H groups in total. The number of benzene rings is 1. The van der Waals surface area contributed by atoms with Crippen LogP contribution in [0.5, 0.6) is 0 Å². The molecule has 8 nitrogen and oxygen atoms in total. The second-order valence-corrected chi connectivity index (χ2v) is 10.7. The lowest BCUT2D eigenvalue weighted by Gasteiger charge is -2.17. The van der Waals surface area contributed by atoms with Crippen LogP contribution in [0.3, 0.4) is 0 Å². The quantitative estimate of drug-likeness (QED) is 0.253. The topological polar surface area (TPSA) is 112 Å². The highest BCUT2D eigenvalue weighted by molar-refractivity contribution is 7.13. The molecule has 5 heterocycles. The van der Waals surface area contributed by atoms with Gasteiger partial charge in [0.25, 0.3) is 0 Å². The number of fused-ring (bicyclic) bond motifs is 2. The van der Waals surface area contributed by atoms with Crippen molar-refractivity contribution in [2.45, 2.75) is 20.8 Å². The number of hydrogen-bond acceptors (Lipinski definition) is 6. The van der Waals surface area contributed by atoms with Gasteiger partial charge in [0.15, 0.2) is 11.6 Å². The van der Waals surface area contributed by atoms with E-state index in [1.165, 1.54) is 18.6 Å². The first-order valence-electron chi connectivity index (χ1n) is 11.6. The number of halogens is 1. The number of carbonyl (C=O) groups excluding carboxylic acids is 1. The van der Waals surface area contributed by atoms with Gasteiger partial charge in [-0.15, -0.1) is 11.3 Å². The van der Waals surface area contributed by atoms with E-state index in [0.717, 1.165) is 21.5 Å². The predicted molar refractivity (Wildman–Crippen MR) is 144 cm³/mol. The molecule has 0 saturated heterocycles. The van der Waals surface area contributed by atoms with E-state index in [0.29, 0.717) is 28.3 Å². The Bertz CT molecular complexity index is 1780. The molecular formula is C27H22FN7OS. The minimum absolute atomic E-state index is 0.102. The van der Waals surface area contributed by atoms with E-state index in [1.54, 1.807) is 17.4 Å². The van der Waals surface area contributed by atoms with E-state index in [1.807, 2.05) is 56.5 Å². The van der Waals surface area contributed by atoms with Crippen molar-refractivity contribution in [1.82, 2.24) is 30.1 Å². The minimum Gasteiger partial charge on any atom is -0.337 e.